The molecule has 0 bridgehead atoms. The molecule has 0 aliphatic rings. The first-order chi connectivity index (χ1) is 9.93. The number of hydrogen-bond donors (Lipinski definition) is 1. The zero-order chi connectivity index (χ0) is 15.6. The summed E-state index contributed by atoms with van der Waals surface area (Å²) in [5, 5.41) is 8.56. The van der Waals surface area contributed by atoms with Crippen LogP contribution < -0.4 is 5.32 Å². The molecule has 2 rings (SSSR count). The highest BCUT2D eigenvalue weighted by molar-refractivity contribution is 7.11. The summed E-state index contributed by atoms with van der Waals surface area (Å²) >= 11 is 7.77. The highest BCUT2D eigenvalue weighted by atomic mass is 35.5. The van der Waals surface area contributed by atoms with Gasteiger partial charge < -0.3 is 5.32 Å². The Bertz CT molecular complexity index is 662. The Kier molecular flexibility index (Phi) is 5.00. The van der Waals surface area contributed by atoms with Crippen LogP contribution in [-0.2, 0) is 20.0 Å². The Hall–Kier alpha value is -1.40. The number of aryl methyl sites for hydroxylation is 4. The summed E-state index contributed by atoms with van der Waals surface area (Å²) in [5.41, 5.74) is 2.03. The average molecular weight is 327 g/mol. The normalized spacial score (nSPS) is 10.9. The van der Waals surface area contributed by atoms with Gasteiger partial charge in [-0.1, -0.05) is 18.5 Å². The molecule has 1 amide bonds. The van der Waals surface area contributed by atoms with Gasteiger partial charge in [0.1, 0.15) is 5.69 Å². The number of carbonyl (C=O) groups excluding carboxylic acids is 1. The lowest BCUT2D eigenvalue weighted by molar-refractivity contribution is 0.0942. The van der Waals surface area contributed by atoms with Crippen molar-refractivity contribution in [3.8, 4) is 0 Å². The molecule has 0 aromatic carbocycles. The van der Waals surface area contributed by atoms with Crippen molar-refractivity contribution in [2.45, 2.75) is 40.2 Å². The van der Waals surface area contributed by atoms with Crippen molar-refractivity contribution in [2.75, 3.05) is 0 Å². The molecule has 0 radical (unpaired) electrons. The maximum Gasteiger partial charge on any atom is 0.271 e. The highest BCUT2D eigenvalue weighted by Crippen LogP contribution is 2.21. The van der Waals surface area contributed by atoms with Crippen molar-refractivity contribution in [1.82, 2.24) is 20.1 Å². The van der Waals surface area contributed by atoms with Gasteiger partial charge in [-0.2, -0.15) is 5.10 Å². The number of rotatable bonds is 5. The molecular formula is C14H19ClN4OS. The molecule has 2 aromatic rings. The molecule has 0 aliphatic heterocycles. The van der Waals surface area contributed by atoms with Crippen molar-refractivity contribution in [3.05, 3.63) is 32.0 Å². The van der Waals surface area contributed by atoms with Gasteiger partial charge in [-0.05, 0) is 26.7 Å². The minimum atomic E-state index is -0.215. The van der Waals surface area contributed by atoms with Gasteiger partial charge in [-0.3, -0.25) is 9.48 Å². The number of aromatic nitrogens is 3. The van der Waals surface area contributed by atoms with E-state index in [1.54, 1.807) is 25.3 Å². The fraction of sp³-hybridized carbons (Fsp3) is 0.500. The van der Waals surface area contributed by atoms with E-state index in [4.69, 9.17) is 11.6 Å². The zero-order valence-electron chi connectivity index (χ0n) is 12.7. The molecule has 21 heavy (non-hydrogen) atoms. The third-order valence-electron chi connectivity index (χ3n) is 3.17. The molecule has 2 heterocycles. The molecule has 0 fully saturated rings. The summed E-state index contributed by atoms with van der Waals surface area (Å²) in [6.45, 7) is 6.35. The molecule has 0 aliphatic carbocycles. The van der Waals surface area contributed by atoms with Crippen LogP contribution in [0.3, 0.4) is 0 Å². The molecule has 0 unspecified atom stereocenters. The van der Waals surface area contributed by atoms with Crippen molar-refractivity contribution in [2.24, 2.45) is 7.05 Å². The average Bonchev–Trinajstić information content (AvgIpc) is 2.88. The third-order valence-corrected chi connectivity index (χ3v) is 4.84. The predicted octanol–water partition coefficient (Wildman–Crippen LogP) is 3.03. The molecule has 0 saturated carbocycles. The van der Waals surface area contributed by atoms with Gasteiger partial charge >= 0.3 is 0 Å². The molecule has 1 N–H and O–H groups in total. The summed E-state index contributed by atoms with van der Waals surface area (Å²) in [6.07, 6.45) is 2.05. The van der Waals surface area contributed by atoms with Gasteiger partial charge in [-0.25, -0.2) is 4.98 Å². The van der Waals surface area contributed by atoms with Crippen molar-refractivity contribution < 1.29 is 4.79 Å². The van der Waals surface area contributed by atoms with Crippen LogP contribution in [0.5, 0.6) is 0 Å². The summed E-state index contributed by atoms with van der Waals surface area (Å²) < 4.78 is 1.51. The first kappa shape index (κ1) is 16.0. The molecule has 0 atom stereocenters. The van der Waals surface area contributed by atoms with Crippen LogP contribution in [0.25, 0.3) is 0 Å². The Labute approximate surface area is 133 Å². The first-order valence-electron chi connectivity index (χ1n) is 6.86. The Balaban J connectivity index is 2.07. The van der Waals surface area contributed by atoms with E-state index in [2.05, 4.69) is 22.3 Å². The van der Waals surface area contributed by atoms with Crippen LogP contribution in [0.15, 0.2) is 0 Å². The van der Waals surface area contributed by atoms with Crippen LogP contribution in [0.2, 0.25) is 5.02 Å². The van der Waals surface area contributed by atoms with Crippen LogP contribution in [0.4, 0.5) is 0 Å². The lowest BCUT2D eigenvalue weighted by atomic mass is 10.3. The first-order valence-corrected chi connectivity index (χ1v) is 8.06. The fourth-order valence-electron chi connectivity index (χ4n) is 2.10. The predicted molar refractivity (Wildman–Crippen MR) is 85.0 cm³/mol. The maximum absolute atomic E-state index is 12.2. The van der Waals surface area contributed by atoms with Gasteiger partial charge in [0, 0.05) is 11.9 Å². The lowest BCUT2D eigenvalue weighted by Crippen LogP contribution is -2.25. The summed E-state index contributed by atoms with van der Waals surface area (Å²) in [7, 11) is 1.71. The number of nitrogens with one attached hydrogen (secondary N) is 1. The van der Waals surface area contributed by atoms with E-state index >= 15 is 0 Å². The fourth-order valence-corrected chi connectivity index (χ4v) is 3.45. The van der Waals surface area contributed by atoms with Gasteiger partial charge in [0.15, 0.2) is 0 Å². The second kappa shape index (κ2) is 6.58. The largest absolute Gasteiger partial charge is 0.346 e. The lowest BCUT2D eigenvalue weighted by Gasteiger charge is -2.05. The quantitative estimate of drug-likeness (QED) is 0.918. The van der Waals surface area contributed by atoms with Crippen LogP contribution in [0.1, 0.15) is 45.1 Å². The van der Waals surface area contributed by atoms with Gasteiger partial charge in [-0.15, -0.1) is 11.3 Å². The van der Waals surface area contributed by atoms with E-state index in [-0.39, 0.29) is 5.91 Å². The summed E-state index contributed by atoms with van der Waals surface area (Å²) in [5.74, 6) is -0.215. The summed E-state index contributed by atoms with van der Waals surface area (Å²) in [4.78, 5) is 17.8. The van der Waals surface area contributed by atoms with Crippen molar-refractivity contribution in [3.63, 3.8) is 0 Å². The smallest absolute Gasteiger partial charge is 0.271 e. The standard InChI is InChI=1S/C14H19ClN4OS/c1-5-6-11-17-8(2)10(21-11)7-16-14(20)13-12(15)9(3)18-19(13)4/h5-7H2,1-4H3,(H,16,20). The van der Waals surface area contributed by atoms with E-state index in [1.165, 1.54) is 4.68 Å². The zero-order valence-corrected chi connectivity index (χ0v) is 14.2. The third kappa shape index (κ3) is 3.44. The van der Waals surface area contributed by atoms with E-state index in [1.807, 2.05) is 6.92 Å². The van der Waals surface area contributed by atoms with Crippen LogP contribution in [0, 0.1) is 13.8 Å². The minimum absolute atomic E-state index is 0.215. The molecular weight excluding hydrogens is 308 g/mol. The van der Waals surface area contributed by atoms with Gasteiger partial charge in [0.2, 0.25) is 0 Å². The number of nitrogens with zero attached hydrogens (tertiary/aromatic N) is 3. The minimum Gasteiger partial charge on any atom is -0.346 e. The summed E-state index contributed by atoms with van der Waals surface area (Å²) in [6, 6.07) is 0. The van der Waals surface area contributed by atoms with E-state index in [9.17, 15) is 4.79 Å². The Morgan fingerprint density at radius 3 is 2.67 bits per heavy atom. The Morgan fingerprint density at radius 1 is 1.38 bits per heavy atom. The monoisotopic (exact) mass is 326 g/mol. The molecule has 2 aromatic heterocycles. The number of thiazole rings is 1. The highest BCUT2D eigenvalue weighted by Gasteiger charge is 2.19. The molecule has 0 saturated heterocycles. The number of amides is 1. The van der Waals surface area contributed by atoms with Crippen LogP contribution >= 0.6 is 22.9 Å². The number of halogens is 1. The van der Waals surface area contributed by atoms with Crippen molar-refractivity contribution >= 4 is 28.8 Å². The van der Waals surface area contributed by atoms with Gasteiger partial charge in [0.25, 0.3) is 5.91 Å². The van der Waals surface area contributed by atoms with E-state index in [0.717, 1.165) is 28.4 Å². The van der Waals surface area contributed by atoms with E-state index < -0.39 is 0 Å². The molecule has 114 valence electrons. The molecule has 7 heteroatoms. The second-order valence-corrected chi connectivity index (χ2v) is 6.47. The van der Waals surface area contributed by atoms with E-state index in [0.29, 0.717) is 23.0 Å². The maximum atomic E-state index is 12.2. The number of hydrogen-bond acceptors (Lipinski definition) is 4. The Morgan fingerprint density at radius 2 is 2.10 bits per heavy atom. The topological polar surface area (TPSA) is 59.8 Å². The van der Waals surface area contributed by atoms with Gasteiger partial charge in [0.05, 0.1) is 28.0 Å². The van der Waals surface area contributed by atoms with Crippen LogP contribution in [-0.4, -0.2) is 20.7 Å². The number of carbonyl (C=O) groups is 1. The SMILES string of the molecule is CCCc1nc(C)c(CNC(=O)c2c(Cl)c(C)nn2C)s1. The molecule has 0 spiro atoms. The van der Waals surface area contributed by atoms with Crippen molar-refractivity contribution in [1.29, 1.82) is 0 Å². The molecule has 5 nitrogen and oxygen atoms in total. The second-order valence-electron chi connectivity index (χ2n) is 4.92.